The predicted molar refractivity (Wildman–Crippen MR) is 126 cm³/mol. The third-order valence-electron chi connectivity index (χ3n) is 5.70. The number of carboxylic acids is 1. The van der Waals surface area contributed by atoms with Crippen molar-refractivity contribution in [2.45, 2.75) is 45.8 Å². The van der Waals surface area contributed by atoms with Crippen molar-refractivity contribution in [3.63, 3.8) is 0 Å². The number of alkyl halides is 3. The van der Waals surface area contributed by atoms with Crippen molar-refractivity contribution in [3.05, 3.63) is 93.8 Å². The highest BCUT2D eigenvalue weighted by molar-refractivity contribution is 5.96. The molecule has 1 amide bonds. The van der Waals surface area contributed by atoms with E-state index in [1.807, 2.05) is 6.92 Å². The second kappa shape index (κ2) is 10.8. The van der Waals surface area contributed by atoms with Crippen LogP contribution in [0.3, 0.4) is 0 Å². The van der Waals surface area contributed by atoms with Crippen molar-refractivity contribution < 1.29 is 37.0 Å². The highest BCUT2D eigenvalue weighted by Gasteiger charge is 2.31. The molecule has 0 heterocycles. The SMILES string of the molecule is Cc1cc(Oc2cc(F)cc([C@@H](C)NC(=O)c3ccc(C(F)(F)F)cc3C)c2)ccc1CCC(=O)O. The number of benzene rings is 3. The number of rotatable bonds is 8. The highest BCUT2D eigenvalue weighted by Crippen LogP contribution is 2.31. The summed E-state index contributed by atoms with van der Waals surface area (Å²) >= 11 is 0. The molecule has 3 aromatic rings. The van der Waals surface area contributed by atoms with Crippen molar-refractivity contribution in [1.29, 1.82) is 0 Å². The minimum Gasteiger partial charge on any atom is -0.481 e. The summed E-state index contributed by atoms with van der Waals surface area (Å²) in [6.07, 6.45) is -4.13. The summed E-state index contributed by atoms with van der Waals surface area (Å²) < 4.78 is 58.8. The van der Waals surface area contributed by atoms with E-state index in [0.717, 1.165) is 29.3 Å². The smallest absolute Gasteiger partial charge is 0.416 e. The molecular weight excluding hydrogens is 478 g/mol. The van der Waals surface area contributed by atoms with Crippen LogP contribution >= 0.6 is 0 Å². The number of carbonyl (C=O) groups is 2. The summed E-state index contributed by atoms with van der Waals surface area (Å²) in [7, 11) is 0. The summed E-state index contributed by atoms with van der Waals surface area (Å²) in [4.78, 5) is 23.5. The van der Waals surface area contributed by atoms with Gasteiger partial charge in [-0.3, -0.25) is 9.59 Å². The number of ether oxygens (including phenoxy) is 1. The molecule has 1 atom stereocenters. The van der Waals surface area contributed by atoms with Gasteiger partial charge in [0, 0.05) is 18.1 Å². The maximum absolute atomic E-state index is 14.3. The van der Waals surface area contributed by atoms with E-state index in [-0.39, 0.29) is 23.3 Å². The molecule has 0 saturated heterocycles. The van der Waals surface area contributed by atoms with Crippen molar-refractivity contribution in [1.82, 2.24) is 5.32 Å². The average molecular weight is 503 g/mol. The molecule has 9 heteroatoms. The Morgan fingerprint density at radius 1 is 0.972 bits per heavy atom. The monoisotopic (exact) mass is 503 g/mol. The summed E-state index contributed by atoms with van der Waals surface area (Å²) in [5, 5.41) is 11.5. The van der Waals surface area contributed by atoms with Gasteiger partial charge < -0.3 is 15.2 Å². The van der Waals surface area contributed by atoms with Gasteiger partial charge in [0.05, 0.1) is 11.6 Å². The number of amides is 1. The molecule has 0 fully saturated rings. The quantitative estimate of drug-likeness (QED) is 0.333. The van der Waals surface area contributed by atoms with Crippen LogP contribution in [0, 0.1) is 19.7 Å². The molecule has 0 bridgehead atoms. The van der Waals surface area contributed by atoms with Crippen LogP contribution in [0.1, 0.15) is 57.6 Å². The molecule has 0 saturated carbocycles. The van der Waals surface area contributed by atoms with Gasteiger partial charge in [-0.2, -0.15) is 13.2 Å². The number of nitrogens with one attached hydrogen (secondary N) is 1. The molecule has 5 nitrogen and oxygen atoms in total. The minimum absolute atomic E-state index is 0.00388. The van der Waals surface area contributed by atoms with Crippen LogP contribution in [0.15, 0.2) is 54.6 Å². The molecule has 3 aromatic carbocycles. The zero-order chi connectivity index (χ0) is 26.6. The fourth-order valence-corrected chi connectivity index (χ4v) is 3.74. The third kappa shape index (κ3) is 6.84. The first-order valence-corrected chi connectivity index (χ1v) is 11.1. The normalized spacial score (nSPS) is 12.2. The predicted octanol–water partition coefficient (Wildman–Crippen LogP) is 6.76. The molecule has 2 N–H and O–H groups in total. The van der Waals surface area contributed by atoms with Gasteiger partial charge in [-0.15, -0.1) is 0 Å². The molecular formula is C27H25F4NO4. The van der Waals surface area contributed by atoms with Crippen molar-refractivity contribution in [2.75, 3.05) is 0 Å². The van der Waals surface area contributed by atoms with Crippen molar-refractivity contribution in [3.8, 4) is 11.5 Å². The number of aliphatic carboxylic acids is 1. The van der Waals surface area contributed by atoms with E-state index < -0.39 is 35.5 Å². The molecule has 0 aliphatic rings. The summed E-state index contributed by atoms with van der Waals surface area (Å²) in [6.45, 7) is 4.86. The van der Waals surface area contributed by atoms with Gasteiger partial charge in [-0.1, -0.05) is 6.07 Å². The van der Waals surface area contributed by atoms with Crippen LogP contribution < -0.4 is 10.1 Å². The van der Waals surface area contributed by atoms with Gasteiger partial charge in [0.25, 0.3) is 5.91 Å². The molecule has 0 aromatic heterocycles. The number of carbonyl (C=O) groups excluding carboxylic acids is 1. The molecule has 0 unspecified atom stereocenters. The molecule has 190 valence electrons. The maximum atomic E-state index is 14.3. The van der Waals surface area contributed by atoms with E-state index in [9.17, 15) is 27.2 Å². The Morgan fingerprint density at radius 2 is 1.69 bits per heavy atom. The lowest BCUT2D eigenvalue weighted by atomic mass is 10.0. The van der Waals surface area contributed by atoms with Gasteiger partial charge in [-0.05, 0) is 91.9 Å². The first-order chi connectivity index (χ1) is 16.8. The van der Waals surface area contributed by atoms with Crippen LogP contribution in [0.25, 0.3) is 0 Å². The Kier molecular flexibility index (Phi) is 8.02. The Morgan fingerprint density at radius 3 is 2.31 bits per heavy atom. The molecule has 0 radical (unpaired) electrons. The lowest BCUT2D eigenvalue weighted by Gasteiger charge is -2.17. The topological polar surface area (TPSA) is 75.6 Å². The van der Waals surface area contributed by atoms with E-state index >= 15 is 0 Å². The minimum atomic E-state index is -4.51. The zero-order valence-corrected chi connectivity index (χ0v) is 19.9. The second-order valence-corrected chi connectivity index (χ2v) is 8.53. The van der Waals surface area contributed by atoms with E-state index in [0.29, 0.717) is 17.7 Å². The van der Waals surface area contributed by atoms with E-state index in [2.05, 4.69) is 5.32 Å². The van der Waals surface area contributed by atoms with Gasteiger partial charge in [-0.25, -0.2) is 4.39 Å². The van der Waals surface area contributed by atoms with Crippen LogP contribution in [-0.4, -0.2) is 17.0 Å². The standard InChI is InChI=1S/C27H25F4NO4/c1-15-11-22(7-4-18(15)5-9-25(33)34)36-23-13-19(12-21(28)14-23)17(3)32-26(35)24-8-6-20(10-16(24)2)27(29,30)31/h4,6-8,10-14,17H,5,9H2,1-3H3,(H,32,35)(H,33,34)/t17-/m1/s1. The molecule has 0 aliphatic carbocycles. The van der Waals surface area contributed by atoms with Gasteiger partial charge in [0.15, 0.2) is 0 Å². The van der Waals surface area contributed by atoms with E-state index in [4.69, 9.17) is 9.84 Å². The largest absolute Gasteiger partial charge is 0.481 e. The number of hydrogen-bond acceptors (Lipinski definition) is 3. The molecule has 3 rings (SSSR count). The first-order valence-electron chi connectivity index (χ1n) is 11.1. The Balaban J connectivity index is 1.74. The Labute approximate surface area is 205 Å². The van der Waals surface area contributed by atoms with Crippen molar-refractivity contribution in [2.24, 2.45) is 0 Å². The van der Waals surface area contributed by atoms with Gasteiger partial charge in [0.2, 0.25) is 0 Å². The number of hydrogen-bond donors (Lipinski definition) is 2. The van der Waals surface area contributed by atoms with Crippen LogP contribution in [-0.2, 0) is 17.4 Å². The van der Waals surface area contributed by atoms with Crippen LogP contribution in [0.5, 0.6) is 11.5 Å². The van der Waals surface area contributed by atoms with Crippen molar-refractivity contribution >= 4 is 11.9 Å². The second-order valence-electron chi connectivity index (χ2n) is 8.53. The Bertz CT molecular complexity index is 1290. The van der Waals surface area contributed by atoms with E-state index in [1.54, 1.807) is 31.2 Å². The van der Waals surface area contributed by atoms with Crippen LogP contribution in [0.2, 0.25) is 0 Å². The molecule has 36 heavy (non-hydrogen) atoms. The van der Waals surface area contributed by atoms with Gasteiger partial charge >= 0.3 is 12.1 Å². The van der Waals surface area contributed by atoms with Gasteiger partial charge in [0.1, 0.15) is 17.3 Å². The summed E-state index contributed by atoms with van der Waals surface area (Å²) in [5.41, 5.74) is 1.50. The van der Waals surface area contributed by atoms with Crippen LogP contribution in [0.4, 0.5) is 17.6 Å². The Hall–Kier alpha value is -3.88. The molecule has 0 spiro atoms. The number of aryl methyl sites for hydroxylation is 3. The highest BCUT2D eigenvalue weighted by atomic mass is 19.4. The fraction of sp³-hybridized carbons (Fsp3) is 0.259. The number of halogens is 4. The lowest BCUT2D eigenvalue weighted by Crippen LogP contribution is -2.27. The average Bonchev–Trinajstić information content (AvgIpc) is 2.77. The molecule has 0 aliphatic heterocycles. The summed E-state index contributed by atoms with van der Waals surface area (Å²) in [5.74, 6) is -1.46. The lowest BCUT2D eigenvalue weighted by molar-refractivity contribution is -0.138. The number of carboxylic acid groups (broad SMARTS) is 1. The summed E-state index contributed by atoms with van der Waals surface area (Å²) in [6, 6.07) is 11.3. The van der Waals surface area contributed by atoms with E-state index in [1.165, 1.54) is 19.1 Å². The third-order valence-corrected chi connectivity index (χ3v) is 5.70. The zero-order valence-electron chi connectivity index (χ0n) is 19.9. The first kappa shape index (κ1) is 26.7. The maximum Gasteiger partial charge on any atom is 0.416 e. The fourth-order valence-electron chi connectivity index (χ4n) is 3.74.